The van der Waals surface area contributed by atoms with Gasteiger partial charge >= 0.3 is 5.97 Å². The molecule has 2 aromatic carbocycles. The number of anilines is 1. The fourth-order valence-corrected chi connectivity index (χ4v) is 2.33. The number of carbonyl (C=O) groups excluding carboxylic acids is 2. The number of hydrogen-bond acceptors (Lipinski definition) is 5. The maximum absolute atomic E-state index is 13.7. The highest BCUT2D eigenvalue weighted by Gasteiger charge is 2.18. The van der Waals surface area contributed by atoms with Crippen molar-refractivity contribution >= 4 is 17.6 Å². The Bertz CT molecular complexity index is 981. The molecule has 1 N–H and O–H groups in total. The van der Waals surface area contributed by atoms with Crippen molar-refractivity contribution in [3.63, 3.8) is 0 Å². The van der Waals surface area contributed by atoms with E-state index < -0.39 is 11.9 Å². The first-order chi connectivity index (χ1) is 12.5. The first kappa shape index (κ1) is 17.3. The lowest BCUT2D eigenvalue weighted by molar-refractivity contribution is 0.0602. The smallest absolute Gasteiger partial charge is 0.339 e. The van der Waals surface area contributed by atoms with Crippen LogP contribution in [0.3, 0.4) is 0 Å². The maximum Gasteiger partial charge on any atom is 0.339 e. The van der Waals surface area contributed by atoms with Gasteiger partial charge in [-0.3, -0.25) is 4.79 Å². The van der Waals surface area contributed by atoms with E-state index in [1.165, 1.54) is 25.3 Å². The fraction of sp³-hybridized carbons (Fsp3) is 0.105. The van der Waals surface area contributed by atoms with Crippen LogP contribution < -0.4 is 5.32 Å². The van der Waals surface area contributed by atoms with Crippen molar-refractivity contribution in [3.8, 4) is 11.3 Å². The zero-order chi connectivity index (χ0) is 18.7. The molecule has 1 heterocycles. The van der Waals surface area contributed by atoms with Crippen LogP contribution in [0.4, 0.5) is 10.1 Å². The van der Waals surface area contributed by atoms with Gasteiger partial charge < -0.3 is 14.6 Å². The zero-order valence-corrected chi connectivity index (χ0v) is 14.1. The van der Waals surface area contributed by atoms with Crippen molar-refractivity contribution in [3.05, 3.63) is 71.2 Å². The van der Waals surface area contributed by atoms with Crippen LogP contribution in [0.2, 0.25) is 0 Å². The quantitative estimate of drug-likeness (QED) is 0.720. The van der Waals surface area contributed by atoms with Crippen molar-refractivity contribution in [2.24, 2.45) is 0 Å². The number of rotatable bonds is 4. The van der Waals surface area contributed by atoms with Crippen LogP contribution in [0.1, 0.15) is 26.4 Å². The summed E-state index contributed by atoms with van der Waals surface area (Å²) in [5.41, 5.74) is 1.48. The van der Waals surface area contributed by atoms with Crippen LogP contribution in [-0.4, -0.2) is 24.1 Å². The molecule has 3 aromatic rings. The van der Waals surface area contributed by atoms with Gasteiger partial charge in [0.2, 0.25) is 0 Å². The minimum atomic E-state index is -0.572. The van der Waals surface area contributed by atoms with Gasteiger partial charge in [-0.2, -0.15) is 0 Å². The van der Waals surface area contributed by atoms with Gasteiger partial charge in [-0.1, -0.05) is 29.4 Å². The van der Waals surface area contributed by atoms with E-state index in [2.05, 4.69) is 15.2 Å². The number of ether oxygens (including phenoxy) is 1. The SMILES string of the molecule is COC(=O)c1ccccc1NC(=O)c1cc(-c2ccc(C)c(F)c2)on1. The summed E-state index contributed by atoms with van der Waals surface area (Å²) in [5.74, 6) is -1.26. The van der Waals surface area contributed by atoms with Gasteiger partial charge in [0.15, 0.2) is 11.5 Å². The lowest BCUT2D eigenvalue weighted by Crippen LogP contribution is -2.15. The van der Waals surface area contributed by atoms with E-state index in [0.717, 1.165) is 0 Å². The van der Waals surface area contributed by atoms with Crippen LogP contribution in [-0.2, 0) is 4.74 Å². The normalized spacial score (nSPS) is 10.4. The second kappa shape index (κ2) is 7.18. The number of hydrogen-bond donors (Lipinski definition) is 1. The summed E-state index contributed by atoms with van der Waals surface area (Å²) in [6.45, 7) is 1.65. The van der Waals surface area contributed by atoms with Crippen LogP contribution >= 0.6 is 0 Å². The molecule has 7 heteroatoms. The molecule has 0 unspecified atom stereocenters. The van der Waals surface area contributed by atoms with Crippen LogP contribution in [0.25, 0.3) is 11.3 Å². The van der Waals surface area contributed by atoms with Gasteiger partial charge in [-0.05, 0) is 30.7 Å². The summed E-state index contributed by atoms with van der Waals surface area (Å²) in [6.07, 6.45) is 0. The molecule has 6 nitrogen and oxygen atoms in total. The number of amides is 1. The molecular formula is C19H15FN2O4. The van der Waals surface area contributed by atoms with Crippen LogP contribution in [0.5, 0.6) is 0 Å². The number of carbonyl (C=O) groups is 2. The van der Waals surface area contributed by atoms with Crippen molar-refractivity contribution in [2.75, 3.05) is 12.4 Å². The third kappa shape index (κ3) is 3.46. The number of aromatic nitrogens is 1. The Kier molecular flexibility index (Phi) is 4.79. The molecule has 0 radical (unpaired) electrons. The predicted octanol–water partition coefficient (Wildman–Crippen LogP) is 3.83. The molecule has 3 rings (SSSR count). The minimum Gasteiger partial charge on any atom is -0.465 e. The second-order valence-corrected chi connectivity index (χ2v) is 5.53. The number of methoxy groups -OCH3 is 1. The lowest BCUT2D eigenvalue weighted by atomic mass is 10.1. The highest BCUT2D eigenvalue weighted by molar-refractivity contribution is 6.07. The van der Waals surface area contributed by atoms with Crippen molar-refractivity contribution in [1.29, 1.82) is 0 Å². The Morgan fingerprint density at radius 2 is 1.92 bits per heavy atom. The minimum absolute atomic E-state index is 0.000604. The van der Waals surface area contributed by atoms with Gasteiger partial charge in [-0.25, -0.2) is 9.18 Å². The molecule has 0 saturated heterocycles. The third-order valence-corrected chi connectivity index (χ3v) is 3.78. The number of nitrogens with zero attached hydrogens (tertiary/aromatic N) is 1. The number of para-hydroxylation sites is 1. The molecule has 0 aliphatic rings. The molecule has 0 atom stereocenters. The zero-order valence-electron chi connectivity index (χ0n) is 14.1. The first-order valence-corrected chi connectivity index (χ1v) is 7.71. The van der Waals surface area contributed by atoms with E-state index in [0.29, 0.717) is 11.1 Å². The van der Waals surface area contributed by atoms with Crippen LogP contribution in [0, 0.1) is 12.7 Å². The molecule has 0 spiro atoms. The maximum atomic E-state index is 13.7. The molecule has 1 aromatic heterocycles. The van der Waals surface area contributed by atoms with Gasteiger partial charge in [-0.15, -0.1) is 0 Å². The molecule has 0 fully saturated rings. The summed E-state index contributed by atoms with van der Waals surface area (Å²) < 4.78 is 23.5. The van der Waals surface area contributed by atoms with E-state index in [1.807, 2.05) is 0 Å². The molecule has 26 heavy (non-hydrogen) atoms. The van der Waals surface area contributed by atoms with E-state index in [1.54, 1.807) is 37.3 Å². The molecule has 0 aliphatic carbocycles. The highest BCUT2D eigenvalue weighted by Crippen LogP contribution is 2.23. The summed E-state index contributed by atoms with van der Waals surface area (Å²) >= 11 is 0. The van der Waals surface area contributed by atoms with Gasteiger partial charge in [0.1, 0.15) is 5.82 Å². The van der Waals surface area contributed by atoms with E-state index in [4.69, 9.17) is 4.52 Å². The summed E-state index contributed by atoms with van der Waals surface area (Å²) in [6, 6.07) is 12.4. The standard InChI is InChI=1S/C19H15FN2O4/c1-11-7-8-12(9-14(11)20)17-10-16(22-26-17)18(23)21-15-6-4-3-5-13(15)19(24)25-2/h3-10H,1-2H3,(H,21,23). The number of benzene rings is 2. The highest BCUT2D eigenvalue weighted by atomic mass is 19.1. The monoisotopic (exact) mass is 354 g/mol. The average molecular weight is 354 g/mol. The molecule has 0 bridgehead atoms. The lowest BCUT2D eigenvalue weighted by Gasteiger charge is -2.07. The predicted molar refractivity (Wildman–Crippen MR) is 92.4 cm³/mol. The summed E-state index contributed by atoms with van der Waals surface area (Å²) in [5, 5.41) is 6.30. The number of esters is 1. The Labute approximate surface area is 148 Å². The Morgan fingerprint density at radius 3 is 2.65 bits per heavy atom. The number of aryl methyl sites for hydroxylation is 1. The van der Waals surface area contributed by atoms with Gasteiger partial charge in [0, 0.05) is 11.6 Å². The topological polar surface area (TPSA) is 81.4 Å². The molecule has 132 valence electrons. The van der Waals surface area contributed by atoms with Crippen molar-refractivity contribution in [1.82, 2.24) is 5.16 Å². The summed E-state index contributed by atoms with van der Waals surface area (Å²) in [4.78, 5) is 24.1. The first-order valence-electron chi connectivity index (χ1n) is 7.71. The third-order valence-electron chi connectivity index (χ3n) is 3.78. The van der Waals surface area contributed by atoms with Gasteiger partial charge in [0.05, 0.1) is 18.4 Å². The Balaban J connectivity index is 1.83. The second-order valence-electron chi connectivity index (χ2n) is 5.53. The Hall–Kier alpha value is -3.48. The average Bonchev–Trinajstić information content (AvgIpc) is 3.14. The molecule has 1 amide bonds. The summed E-state index contributed by atoms with van der Waals surface area (Å²) in [7, 11) is 1.26. The van der Waals surface area contributed by atoms with E-state index in [-0.39, 0.29) is 28.5 Å². The molecule has 0 saturated carbocycles. The van der Waals surface area contributed by atoms with E-state index in [9.17, 15) is 14.0 Å². The fourth-order valence-electron chi connectivity index (χ4n) is 2.33. The molecule has 0 aliphatic heterocycles. The molecular weight excluding hydrogens is 339 g/mol. The van der Waals surface area contributed by atoms with E-state index >= 15 is 0 Å². The van der Waals surface area contributed by atoms with Crippen molar-refractivity contribution in [2.45, 2.75) is 6.92 Å². The van der Waals surface area contributed by atoms with Gasteiger partial charge in [0.25, 0.3) is 5.91 Å². The van der Waals surface area contributed by atoms with Crippen molar-refractivity contribution < 1.29 is 23.2 Å². The Morgan fingerprint density at radius 1 is 1.15 bits per heavy atom. The number of nitrogens with one attached hydrogen (secondary N) is 1. The van der Waals surface area contributed by atoms with Crippen LogP contribution in [0.15, 0.2) is 53.1 Å². The number of halogens is 1. The largest absolute Gasteiger partial charge is 0.465 e.